The largest absolute Gasteiger partial charge is 0.255 e. The van der Waals surface area contributed by atoms with Gasteiger partial charge >= 0.3 is 0 Å². The Labute approximate surface area is 309 Å². The maximum atomic E-state index is 5.35. The van der Waals surface area contributed by atoms with Crippen LogP contribution in [0.5, 0.6) is 0 Å². The van der Waals surface area contributed by atoms with Gasteiger partial charge in [-0.05, 0) is 64.0 Å². The molecular formula is C48H28N6. The predicted molar refractivity (Wildman–Crippen MR) is 220 cm³/mol. The van der Waals surface area contributed by atoms with E-state index >= 15 is 0 Å². The third-order valence-corrected chi connectivity index (χ3v) is 10.4. The van der Waals surface area contributed by atoms with Crippen LogP contribution in [0.2, 0.25) is 0 Å². The van der Waals surface area contributed by atoms with Crippen molar-refractivity contribution in [3.8, 4) is 45.4 Å². The molecule has 250 valence electrons. The van der Waals surface area contributed by atoms with Gasteiger partial charge in [0, 0.05) is 61.6 Å². The number of para-hydroxylation sites is 3. The van der Waals surface area contributed by atoms with Crippen LogP contribution in [0.4, 0.5) is 0 Å². The molecule has 11 rings (SSSR count). The Balaban J connectivity index is 1.26. The number of rotatable bonds is 4. The highest BCUT2D eigenvalue weighted by molar-refractivity contribution is 6.25. The summed E-state index contributed by atoms with van der Waals surface area (Å²) in [6.07, 6.45) is 3.62. The smallest absolute Gasteiger partial charge is 0.166 e. The van der Waals surface area contributed by atoms with Gasteiger partial charge in [0.15, 0.2) is 17.5 Å². The number of hydrogen-bond acceptors (Lipinski definition) is 6. The summed E-state index contributed by atoms with van der Waals surface area (Å²) in [5.41, 5.74) is 7.13. The lowest BCUT2D eigenvalue weighted by Gasteiger charge is -2.16. The van der Waals surface area contributed by atoms with Crippen molar-refractivity contribution in [1.29, 1.82) is 0 Å². The lowest BCUT2D eigenvalue weighted by Crippen LogP contribution is -2.02. The molecule has 54 heavy (non-hydrogen) atoms. The lowest BCUT2D eigenvalue weighted by atomic mass is 9.91. The summed E-state index contributed by atoms with van der Waals surface area (Å²) in [5, 5.41) is 9.80. The fraction of sp³-hybridized carbons (Fsp3) is 0. The van der Waals surface area contributed by atoms with Gasteiger partial charge < -0.3 is 0 Å². The Kier molecular flexibility index (Phi) is 6.75. The van der Waals surface area contributed by atoms with Crippen LogP contribution in [-0.4, -0.2) is 29.9 Å². The van der Waals surface area contributed by atoms with Gasteiger partial charge in [-0.1, -0.05) is 115 Å². The van der Waals surface area contributed by atoms with Gasteiger partial charge in [-0.25, -0.2) is 19.9 Å². The monoisotopic (exact) mass is 688 g/mol. The highest BCUT2D eigenvalue weighted by Gasteiger charge is 2.21. The van der Waals surface area contributed by atoms with Gasteiger partial charge in [0.05, 0.1) is 22.2 Å². The summed E-state index contributed by atoms with van der Waals surface area (Å²) < 4.78 is 0. The van der Waals surface area contributed by atoms with E-state index in [-0.39, 0.29) is 0 Å². The molecule has 0 radical (unpaired) electrons. The Morgan fingerprint density at radius 1 is 0.333 bits per heavy atom. The number of benzene rings is 7. The summed E-state index contributed by atoms with van der Waals surface area (Å²) in [7, 11) is 0. The first-order chi connectivity index (χ1) is 26.8. The van der Waals surface area contributed by atoms with Crippen LogP contribution >= 0.6 is 0 Å². The molecule has 0 aliphatic heterocycles. The highest BCUT2D eigenvalue weighted by Crippen LogP contribution is 2.42. The molecule has 0 N–H and O–H groups in total. The zero-order chi connectivity index (χ0) is 35.6. The van der Waals surface area contributed by atoms with Crippen LogP contribution in [0.25, 0.3) is 110 Å². The van der Waals surface area contributed by atoms with Crippen LogP contribution < -0.4 is 0 Å². The Bertz CT molecular complexity index is 3190. The van der Waals surface area contributed by atoms with E-state index in [0.29, 0.717) is 17.5 Å². The molecule has 0 spiro atoms. The number of hydrogen-bond donors (Lipinski definition) is 0. The van der Waals surface area contributed by atoms with E-state index in [2.05, 4.69) is 121 Å². The third kappa shape index (κ3) is 4.81. The van der Waals surface area contributed by atoms with Crippen LogP contribution in [0, 0.1) is 0 Å². The molecule has 4 aromatic heterocycles. The summed E-state index contributed by atoms with van der Waals surface area (Å²) in [6.45, 7) is 0. The first-order valence-electron chi connectivity index (χ1n) is 17.9. The number of nitrogens with zero attached hydrogens (tertiary/aromatic N) is 6. The van der Waals surface area contributed by atoms with Crippen molar-refractivity contribution in [2.75, 3.05) is 0 Å². The Hall–Kier alpha value is -7.44. The van der Waals surface area contributed by atoms with Gasteiger partial charge in [0.2, 0.25) is 0 Å². The van der Waals surface area contributed by atoms with Crippen LogP contribution in [-0.2, 0) is 0 Å². The first-order valence-corrected chi connectivity index (χ1v) is 17.9. The summed E-state index contributed by atoms with van der Waals surface area (Å²) >= 11 is 0. The van der Waals surface area contributed by atoms with Gasteiger partial charge in [-0.15, -0.1) is 0 Å². The lowest BCUT2D eigenvalue weighted by molar-refractivity contribution is 1.08. The van der Waals surface area contributed by atoms with Crippen molar-refractivity contribution in [3.05, 3.63) is 170 Å². The minimum absolute atomic E-state index is 0.544. The fourth-order valence-electron chi connectivity index (χ4n) is 7.86. The van der Waals surface area contributed by atoms with Crippen molar-refractivity contribution in [2.24, 2.45) is 0 Å². The molecule has 0 saturated heterocycles. The van der Waals surface area contributed by atoms with Crippen molar-refractivity contribution in [3.63, 3.8) is 0 Å². The number of aromatic nitrogens is 6. The van der Waals surface area contributed by atoms with E-state index in [1.165, 1.54) is 10.8 Å². The third-order valence-electron chi connectivity index (χ3n) is 10.4. The number of fused-ring (bicyclic) bond motifs is 8. The van der Waals surface area contributed by atoms with Gasteiger partial charge in [-0.3, -0.25) is 9.97 Å². The minimum atomic E-state index is 0.544. The molecule has 11 aromatic rings. The first kappa shape index (κ1) is 30.2. The molecule has 0 bridgehead atoms. The molecule has 6 nitrogen and oxygen atoms in total. The molecule has 0 saturated carbocycles. The van der Waals surface area contributed by atoms with E-state index in [9.17, 15) is 0 Å². The fourth-order valence-corrected chi connectivity index (χ4v) is 7.86. The van der Waals surface area contributed by atoms with Crippen LogP contribution in [0.3, 0.4) is 0 Å². The minimum Gasteiger partial charge on any atom is -0.255 e. The number of pyridine rings is 3. The summed E-state index contributed by atoms with van der Waals surface area (Å²) in [5.74, 6) is 1.65. The topological polar surface area (TPSA) is 77.3 Å². The molecule has 7 aromatic carbocycles. The quantitative estimate of drug-likeness (QED) is 0.171. The van der Waals surface area contributed by atoms with E-state index in [0.717, 1.165) is 82.2 Å². The second kappa shape index (κ2) is 12.1. The van der Waals surface area contributed by atoms with Gasteiger partial charge in [-0.2, -0.15) is 0 Å². The second-order valence-corrected chi connectivity index (χ2v) is 13.5. The van der Waals surface area contributed by atoms with Gasteiger partial charge in [0.1, 0.15) is 0 Å². The standard InChI is InChI=1S/C48H28N6/c1-2-12-32-27-33(24-23-29(32)11-1)45-40-28-39(34-17-3-4-18-35(34)42(40)36-19-5-6-22-41(36)51-45)48-53-46(37-20-7-13-30-15-9-25-49-43(30)37)52-47(54-48)38-21-8-14-31-16-10-26-50-44(31)38/h1-28H. The molecule has 0 amide bonds. The SMILES string of the molecule is c1ccc2cc(-c3nc4ccccc4c4c3cc(-c3nc(-c5cccc6cccnc56)nc(-c5cccc6cccnc56)n3)c3ccccc34)ccc2c1. The van der Waals surface area contributed by atoms with E-state index in [4.69, 9.17) is 29.9 Å². The average molecular weight is 689 g/mol. The molecular weight excluding hydrogens is 661 g/mol. The molecule has 0 unspecified atom stereocenters. The predicted octanol–water partition coefficient (Wildman–Crippen LogP) is 11.6. The van der Waals surface area contributed by atoms with Crippen LogP contribution in [0.15, 0.2) is 170 Å². The zero-order valence-electron chi connectivity index (χ0n) is 28.8. The highest BCUT2D eigenvalue weighted by atomic mass is 15.0. The normalized spacial score (nSPS) is 11.7. The maximum absolute atomic E-state index is 5.35. The maximum Gasteiger partial charge on any atom is 0.166 e. The Morgan fingerprint density at radius 2 is 0.889 bits per heavy atom. The van der Waals surface area contributed by atoms with Crippen LogP contribution in [0.1, 0.15) is 0 Å². The van der Waals surface area contributed by atoms with E-state index < -0.39 is 0 Å². The molecule has 6 heteroatoms. The van der Waals surface area contributed by atoms with Crippen molar-refractivity contribution in [2.45, 2.75) is 0 Å². The van der Waals surface area contributed by atoms with Gasteiger partial charge in [0.25, 0.3) is 0 Å². The zero-order valence-corrected chi connectivity index (χ0v) is 28.8. The van der Waals surface area contributed by atoms with Crippen molar-refractivity contribution < 1.29 is 0 Å². The summed E-state index contributed by atoms with van der Waals surface area (Å²) in [6, 6.07) is 54.5. The van der Waals surface area contributed by atoms with Crippen molar-refractivity contribution in [1.82, 2.24) is 29.9 Å². The van der Waals surface area contributed by atoms with E-state index in [1.54, 1.807) is 0 Å². The molecule has 0 aliphatic carbocycles. The molecule has 0 fully saturated rings. The Morgan fingerprint density at radius 3 is 1.59 bits per heavy atom. The van der Waals surface area contributed by atoms with E-state index in [1.807, 2.05) is 48.8 Å². The average Bonchev–Trinajstić information content (AvgIpc) is 3.25. The molecule has 4 heterocycles. The van der Waals surface area contributed by atoms with Crippen molar-refractivity contribution >= 4 is 65.0 Å². The second-order valence-electron chi connectivity index (χ2n) is 13.5. The summed E-state index contributed by atoms with van der Waals surface area (Å²) in [4.78, 5) is 30.6. The molecule has 0 aliphatic rings. The molecule has 0 atom stereocenters.